The summed E-state index contributed by atoms with van der Waals surface area (Å²) in [6.07, 6.45) is 0. The van der Waals surface area contributed by atoms with E-state index in [1.807, 2.05) is 19.1 Å². The molecule has 0 aliphatic heterocycles. The molecule has 0 spiro atoms. The second-order valence-corrected chi connectivity index (χ2v) is 4.85. The Hall–Kier alpha value is -1.26. The van der Waals surface area contributed by atoms with Gasteiger partial charge in [0.05, 0.1) is 10.7 Å². The Bertz CT molecular complexity index is 560. The predicted octanol–water partition coefficient (Wildman–Crippen LogP) is 4.18. The standard InChI is InChI=1S/C12H10BrClN2O/c1-7-2-4-10(15)12(16-7)17-11-5-3-8(13)6-9(11)14/h2-6H,15H2,1H3. The molecule has 5 heteroatoms. The fourth-order valence-corrected chi connectivity index (χ4v) is 2.00. The van der Waals surface area contributed by atoms with Gasteiger partial charge in [-0.05, 0) is 37.3 Å². The van der Waals surface area contributed by atoms with Gasteiger partial charge in [0.15, 0.2) is 0 Å². The molecule has 2 N–H and O–H groups in total. The highest BCUT2D eigenvalue weighted by Crippen LogP contribution is 2.32. The van der Waals surface area contributed by atoms with Gasteiger partial charge in [0, 0.05) is 10.2 Å². The topological polar surface area (TPSA) is 48.1 Å². The van der Waals surface area contributed by atoms with E-state index in [0.29, 0.717) is 22.3 Å². The number of hydrogen-bond acceptors (Lipinski definition) is 3. The van der Waals surface area contributed by atoms with Gasteiger partial charge in [-0.1, -0.05) is 27.5 Å². The Morgan fingerprint density at radius 3 is 2.76 bits per heavy atom. The van der Waals surface area contributed by atoms with Crippen LogP contribution in [0.4, 0.5) is 5.69 Å². The minimum atomic E-state index is 0.370. The lowest BCUT2D eigenvalue weighted by Crippen LogP contribution is -1.96. The van der Waals surface area contributed by atoms with E-state index in [-0.39, 0.29) is 0 Å². The molecule has 0 atom stereocenters. The Labute approximate surface area is 113 Å². The molecule has 0 aliphatic carbocycles. The van der Waals surface area contributed by atoms with Gasteiger partial charge in [-0.2, -0.15) is 0 Å². The lowest BCUT2D eigenvalue weighted by atomic mass is 10.3. The molecular weight excluding hydrogens is 304 g/mol. The highest BCUT2D eigenvalue weighted by Gasteiger charge is 2.07. The van der Waals surface area contributed by atoms with Gasteiger partial charge in [0.2, 0.25) is 5.88 Å². The highest BCUT2D eigenvalue weighted by molar-refractivity contribution is 9.10. The maximum atomic E-state index is 6.05. The van der Waals surface area contributed by atoms with E-state index in [1.54, 1.807) is 18.2 Å². The molecule has 1 heterocycles. The molecule has 0 radical (unpaired) electrons. The first-order chi connectivity index (χ1) is 8.06. The van der Waals surface area contributed by atoms with Crippen molar-refractivity contribution in [1.82, 2.24) is 4.98 Å². The summed E-state index contributed by atoms with van der Waals surface area (Å²) < 4.78 is 6.48. The van der Waals surface area contributed by atoms with Gasteiger partial charge in [-0.3, -0.25) is 0 Å². The van der Waals surface area contributed by atoms with Crippen LogP contribution in [0.1, 0.15) is 5.69 Å². The van der Waals surface area contributed by atoms with Crippen molar-refractivity contribution in [2.75, 3.05) is 5.73 Å². The number of rotatable bonds is 2. The van der Waals surface area contributed by atoms with Crippen molar-refractivity contribution < 1.29 is 4.74 Å². The second-order valence-electron chi connectivity index (χ2n) is 3.52. The van der Waals surface area contributed by atoms with Gasteiger partial charge in [0.1, 0.15) is 5.75 Å². The van der Waals surface area contributed by atoms with Crippen LogP contribution in [-0.2, 0) is 0 Å². The van der Waals surface area contributed by atoms with E-state index in [1.165, 1.54) is 0 Å². The monoisotopic (exact) mass is 312 g/mol. The van der Waals surface area contributed by atoms with Crippen molar-refractivity contribution in [2.24, 2.45) is 0 Å². The zero-order chi connectivity index (χ0) is 12.4. The molecule has 0 saturated heterocycles. The Balaban J connectivity index is 2.34. The van der Waals surface area contributed by atoms with Crippen LogP contribution in [0.3, 0.4) is 0 Å². The molecule has 2 aromatic rings. The van der Waals surface area contributed by atoms with Crippen molar-refractivity contribution >= 4 is 33.2 Å². The largest absolute Gasteiger partial charge is 0.435 e. The third kappa shape index (κ3) is 2.90. The second kappa shape index (κ2) is 4.94. The summed E-state index contributed by atoms with van der Waals surface area (Å²) >= 11 is 9.38. The highest BCUT2D eigenvalue weighted by atomic mass is 79.9. The van der Waals surface area contributed by atoms with Crippen LogP contribution in [0.15, 0.2) is 34.8 Å². The summed E-state index contributed by atoms with van der Waals surface area (Å²) in [5.41, 5.74) is 7.09. The van der Waals surface area contributed by atoms with Gasteiger partial charge >= 0.3 is 0 Å². The molecule has 1 aromatic heterocycles. The Morgan fingerprint density at radius 2 is 2.06 bits per heavy atom. The van der Waals surface area contributed by atoms with Crippen LogP contribution in [0.2, 0.25) is 5.02 Å². The molecule has 0 bridgehead atoms. The lowest BCUT2D eigenvalue weighted by molar-refractivity contribution is 0.464. The summed E-state index contributed by atoms with van der Waals surface area (Å²) in [5.74, 6) is 0.897. The van der Waals surface area contributed by atoms with Gasteiger partial charge in [-0.25, -0.2) is 4.98 Å². The van der Waals surface area contributed by atoms with E-state index in [2.05, 4.69) is 20.9 Å². The summed E-state index contributed by atoms with van der Waals surface area (Å²) in [7, 11) is 0. The number of aryl methyl sites for hydroxylation is 1. The number of nitrogens with two attached hydrogens (primary N) is 1. The van der Waals surface area contributed by atoms with E-state index in [9.17, 15) is 0 Å². The lowest BCUT2D eigenvalue weighted by Gasteiger charge is -2.09. The average Bonchev–Trinajstić information content (AvgIpc) is 2.27. The molecule has 0 unspecified atom stereocenters. The smallest absolute Gasteiger partial charge is 0.242 e. The Kier molecular flexibility index (Phi) is 3.54. The molecule has 17 heavy (non-hydrogen) atoms. The van der Waals surface area contributed by atoms with Crippen molar-refractivity contribution in [2.45, 2.75) is 6.92 Å². The van der Waals surface area contributed by atoms with Crippen molar-refractivity contribution in [3.05, 3.63) is 45.5 Å². The van der Waals surface area contributed by atoms with Crippen LogP contribution < -0.4 is 10.5 Å². The first kappa shape index (κ1) is 12.2. The number of ether oxygens (including phenoxy) is 1. The SMILES string of the molecule is Cc1ccc(N)c(Oc2ccc(Br)cc2Cl)n1. The third-order valence-electron chi connectivity index (χ3n) is 2.13. The van der Waals surface area contributed by atoms with Crippen LogP contribution in [0.5, 0.6) is 11.6 Å². The van der Waals surface area contributed by atoms with Crippen molar-refractivity contribution in [3.8, 4) is 11.6 Å². The van der Waals surface area contributed by atoms with Crippen molar-refractivity contribution in [1.29, 1.82) is 0 Å². The summed E-state index contributed by atoms with van der Waals surface area (Å²) in [6.45, 7) is 1.87. The van der Waals surface area contributed by atoms with E-state index < -0.39 is 0 Å². The minimum Gasteiger partial charge on any atom is -0.435 e. The zero-order valence-electron chi connectivity index (χ0n) is 9.08. The molecular formula is C12H10BrClN2O. The van der Waals surface area contributed by atoms with Crippen molar-refractivity contribution in [3.63, 3.8) is 0 Å². The Morgan fingerprint density at radius 1 is 1.29 bits per heavy atom. The first-order valence-corrected chi connectivity index (χ1v) is 6.09. The minimum absolute atomic E-state index is 0.370. The molecule has 0 fully saturated rings. The number of pyridine rings is 1. The maximum Gasteiger partial charge on any atom is 0.242 e. The summed E-state index contributed by atoms with van der Waals surface area (Å²) in [4.78, 5) is 4.21. The maximum absolute atomic E-state index is 6.05. The van der Waals surface area contributed by atoms with E-state index in [4.69, 9.17) is 22.1 Å². The summed E-state index contributed by atoms with van der Waals surface area (Å²) in [6, 6.07) is 8.93. The number of anilines is 1. The normalized spacial score (nSPS) is 10.3. The number of aromatic nitrogens is 1. The molecule has 3 nitrogen and oxygen atoms in total. The van der Waals surface area contributed by atoms with E-state index >= 15 is 0 Å². The quantitative estimate of drug-likeness (QED) is 0.904. The molecule has 88 valence electrons. The first-order valence-electron chi connectivity index (χ1n) is 4.92. The van der Waals surface area contributed by atoms with E-state index in [0.717, 1.165) is 10.2 Å². The molecule has 0 aliphatic rings. The third-order valence-corrected chi connectivity index (χ3v) is 2.92. The molecule has 2 rings (SSSR count). The fourth-order valence-electron chi connectivity index (χ4n) is 1.29. The molecule has 0 saturated carbocycles. The van der Waals surface area contributed by atoms with Crippen LogP contribution in [0, 0.1) is 6.92 Å². The summed E-state index contributed by atoms with van der Waals surface area (Å²) in [5, 5.41) is 0.502. The average molecular weight is 314 g/mol. The van der Waals surface area contributed by atoms with Gasteiger partial charge in [-0.15, -0.1) is 0 Å². The van der Waals surface area contributed by atoms with Crippen LogP contribution in [0.25, 0.3) is 0 Å². The number of nitrogens with zero attached hydrogens (tertiary/aromatic N) is 1. The number of halogens is 2. The number of benzene rings is 1. The fraction of sp³-hybridized carbons (Fsp3) is 0.0833. The predicted molar refractivity (Wildman–Crippen MR) is 72.6 cm³/mol. The zero-order valence-corrected chi connectivity index (χ0v) is 11.4. The van der Waals surface area contributed by atoms with Crippen LogP contribution >= 0.6 is 27.5 Å². The number of hydrogen-bond donors (Lipinski definition) is 1. The van der Waals surface area contributed by atoms with Crippen LogP contribution in [-0.4, -0.2) is 4.98 Å². The van der Waals surface area contributed by atoms with Gasteiger partial charge < -0.3 is 10.5 Å². The number of nitrogen functional groups attached to an aromatic ring is 1. The molecule has 0 amide bonds. The van der Waals surface area contributed by atoms with Gasteiger partial charge in [0.25, 0.3) is 0 Å². The molecule has 1 aromatic carbocycles.